The van der Waals surface area contributed by atoms with Crippen molar-refractivity contribution in [2.24, 2.45) is 5.11 Å². The molecule has 0 radical (unpaired) electrons. The molecular weight excluding hydrogens is 819 g/mol. The molecule has 0 aromatic heterocycles. The van der Waals surface area contributed by atoms with Crippen molar-refractivity contribution < 1.29 is 38.3 Å². The van der Waals surface area contributed by atoms with Crippen LogP contribution in [-0.2, 0) is 53.0 Å². The van der Waals surface area contributed by atoms with Crippen molar-refractivity contribution in [1.29, 1.82) is 0 Å². The van der Waals surface area contributed by atoms with Gasteiger partial charge in [-0.3, -0.25) is 0 Å². The number of unbranched alkanes of at least 4 members (excludes halogenated alkanes) is 11. The summed E-state index contributed by atoms with van der Waals surface area (Å²) in [4.78, 5) is 3.28. The van der Waals surface area contributed by atoms with Gasteiger partial charge in [-0.15, -0.1) is 0 Å². The van der Waals surface area contributed by atoms with E-state index in [0.717, 1.165) is 68.1 Å². The molecule has 0 amide bonds. The van der Waals surface area contributed by atoms with Crippen molar-refractivity contribution in [2.45, 2.75) is 223 Å². The summed E-state index contributed by atoms with van der Waals surface area (Å²) in [6, 6.07) is 29.4. The molecule has 6 rings (SSSR count). The van der Waals surface area contributed by atoms with Gasteiger partial charge < -0.3 is 38.3 Å². The van der Waals surface area contributed by atoms with E-state index in [4.69, 9.17) is 33.2 Å². The van der Waals surface area contributed by atoms with Gasteiger partial charge in [-0.25, -0.2) is 0 Å². The molecule has 3 aromatic carbocycles. The fraction of sp³-hybridized carbons (Fsp3) is 0.667. The monoisotopic (exact) mass is 898 g/mol. The van der Waals surface area contributed by atoms with Gasteiger partial charge in [0.05, 0.1) is 50.8 Å². The van der Waals surface area contributed by atoms with Gasteiger partial charge in [0.2, 0.25) is 0 Å². The number of azide groups is 1. The lowest BCUT2D eigenvalue weighted by molar-refractivity contribution is -0.252. The van der Waals surface area contributed by atoms with Crippen molar-refractivity contribution >= 4 is 0 Å². The quantitative estimate of drug-likeness (QED) is 0.0303. The van der Waals surface area contributed by atoms with Crippen molar-refractivity contribution in [3.05, 3.63) is 118 Å². The first-order valence-electron chi connectivity index (χ1n) is 25.2. The fourth-order valence-electron chi connectivity index (χ4n) is 9.88. The minimum absolute atomic E-state index is 0.0488. The lowest BCUT2D eigenvalue weighted by atomic mass is 9.84. The van der Waals surface area contributed by atoms with Crippen LogP contribution in [0.25, 0.3) is 10.4 Å². The number of aliphatic hydroxyl groups excluding tert-OH is 1. The Bertz CT molecular complexity index is 1760. The molecule has 65 heavy (non-hydrogen) atoms. The topological polar surface area (TPSA) is 134 Å². The molecule has 358 valence electrons. The summed E-state index contributed by atoms with van der Waals surface area (Å²) in [6.45, 7) is 7.02. The van der Waals surface area contributed by atoms with E-state index in [1.165, 1.54) is 57.8 Å². The molecule has 9 atom stereocenters. The zero-order valence-electron chi connectivity index (χ0n) is 39.6. The third kappa shape index (κ3) is 16.2. The van der Waals surface area contributed by atoms with Crippen molar-refractivity contribution in [2.75, 3.05) is 6.61 Å². The zero-order chi connectivity index (χ0) is 45.5. The van der Waals surface area contributed by atoms with Crippen LogP contribution in [0.2, 0.25) is 0 Å². The SMILES string of the molecule is CCCCCCCCCCCCCC[C@@H](O)[C@@H](OC(C)C)[C@H](CO[C@H]1C(OCc2ccccc2)C2OC3(CCCCC3)O[C@@H]2[C@@H](OCc2ccccc2)C1OCc1ccccc1)N=[N+]=[N-]. The Kier molecular flexibility index (Phi) is 22.1. The smallest absolute Gasteiger partial charge is 0.169 e. The average molecular weight is 898 g/mol. The molecule has 1 heterocycles. The molecule has 2 saturated carbocycles. The first kappa shape index (κ1) is 51.0. The summed E-state index contributed by atoms with van der Waals surface area (Å²) in [5.74, 6) is -0.767. The number of hydrogen-bond acceptors (Lipinski definition) is 9. The highest BCUT2D eigenvalue weighted by atomic mass is 16.8. The highest BCUT2D eigenvalue weighted by Gasteiger charge is 2.62. The maximum Gasteiger partial charge on any atom is 0.169 e. The fourth-order valence-corrected chi connectivity index (χ4v) is 9.88. The number of fused-ring (bicyclic) bond motifs is 1. The van der Waals surface area contributed by atoms with Gasteiger partial charge in [-0.2, -0.15) is 0 Å². The predicted octanol–water partition coefficient (Wildman–Crippen LogP) is 12.5. The molecule has 2 aliphatic carbocycles. The van der Waals surface area contributed by atoms with E-state index in [-0.39, 0.29) is 12.7 Å². The molecule has 3 aliphatic rings. The average Bonchev–Trinajstić information content (AvgIpc) is 3.69. The van der Waals surface area contributed by atoms with Crippen LogP contribution in [0.3, 0.4) is 0 Å². The molecule has 3 unspecified atom stereocenters. The van der Waals surface area contributed by atoms with Gasteiger partial charge in [0.25, 0.3) is 0 Å². The predicted molar refractivity (Wildman–Crippen MR) is 255 cm³/mol. The lowest BCUT2D eigenvalue weighted by Gasteiger charge is -2.47. The van der Waals surface area contributed by atoms with Crippen LogP contribution >= 0.6 is 0 Å². The minimum Gasteiger partial charge on any atom is -0.390 e. The van der Waals surface area contributed by atoms with E-state index in [2.05, 4.69) is 29.1 Å². The van der Waals surface area contributed by atoms with Crippen LogP contribution < -0.4 is 0 Å². The molecular formula is C54H79N3O8. The van der Waals surface area contributed by atoms with Gasteiger partial charge in [0.15, 0.2) is 5.79 Å². The number of rotatable bonds is 30. The summed E-state index contributed by atoms with van der Waals surface area (Å²) in [7, 11) is 0. The normalized spacial score (nSPS) is 24.1. The molecule has 1 N–H and O–H groups in total. The summed E-state index contributed by atoms with van der Waals surface area (Å²) >= 11 is 0. The zero-order valence-corrected chi connectivity index (χ0v) is 39.6. The van der Waals surface area contributed by atoms with Crippen LogP contribution in [0, 0.1) is 0 Å². The summed E-state index contributed by atoms with van der Waals surface area (Å²) < 4.78 is 48.6. The number of nitrogens with zero attached hydrogens (tertiary/aromatic N) is 3. The van der Waals surface area contributed by atoms with Crippen molar-refractivity contribution in [1.82, 2.24) is 0 Å². The minimum atomic E-state index is -0.856. The van der Waals surface area contributed by atoms with E-state index >= 15 is 0 Å². The van der Waals surface area contributed by atoms with Gasteiger partial charge in [0, 0.05) is 17.8 Å². The molecule has 11 nitrogen and oxygen atoms in total. The van der Waals surface area contributed by atoms with E-state index in [9.17, 15) is 10.6 Å². The second-order valence-corrected chi connectivity index (χ2v) is 18.9. The van der Waals surface area contributed by atoms with E-state index < -0.39 is 60.7 Å². The Morgan fingerprint density at radius 3 is 1.49 bits per heavy atom. The first-order valence-corrected chi connectivity index (χ1v) is 25.2. The maximum atomic E-state index is 11.8. The van der Waals surface area contributed by atoms with Crippen LogP contribution in [0.5, 0.6) is 0 Å². The standard InChI is InChI=1S/C54H79N3O8/c1-4-5-6-7-8-9-10-11-12-13-14-25-34-46(58)47(63-41(2)3)45(56-57-55)40-62-49-48(59-37-42-28-19-15-20-29-42)50(60-38-43-30-21-16-22-31-43)52-53(65-54(64-52)35-26-18-27-36-54)51(49)61-39-44-32-23-17-24-33-44/h15-17,19-24,28-33,41,45-53,58H,4-14,18,25-27,34-40H2,1-3H3/t45-,46+,47-,48?,49+,50-,51?,52+,53?/m0/s1. The largest absolute Gasteiger partial charge is 0.390 e. The second-order valence-electron chi connectivity index (χ2n) is 18.9. The van der Waals surface area contributed by atoms with E-state index in [1.807, 2.05) is 92.7 Å². The van der Waals surface area contributed by atoms with Gasteiger partial charge >= 0.3 is 0 Å². The molecule has 1 aliphatic heterocycles. The molecule has 3 fully saturated rings. The highest BCUT2D eigenvalue weighted by Crippen LogP contribution is 2.48. The number of hydrogen-bond donors (Lipinski definition) is 1. The third-order valence-electron chi connectivity index (χ3n) is 13.3. The molecule has 1 saturated heterocycles. The van der Waals surface area contributed by atoms with Crippen LogP contribution in [-0.4, -0.2) is 78.5 Å². The van der Waals surface area contributed by atoms with Gasteiger partial charge in [0.1, 0.15) is 36.6 Å². The van der Waals surface area contributed by atoms with Crippen LogP contribution in [0.4, 0.5) is 0 Å². The third-order valence-corrected chi connectivity index (χ3v) is 13.3. The Morgan fingerprint density at radius 2 is 1.05 bits per heavy atom. The number of ether oxygens (including phenoxy) is 7. The summed E-state index contributed by atoms with van der Waals surface area (Å²) in [6.07, 6.45) is 14.4. The molecule has 0 bridgehead atoms. The van der Waals surface area contributed by atoms with Gasteiger partial charge in [-0.05, 0) is 55.3 Å². The number of benzene rings is 3. The Hall–Kier alpha value is -3.35. The van der Waals surface area contributed by atoms with Crippen molar-refractivity contribution in [3.63, 3.8) is 0 Å². The van der Waals surface area contributed by atoms with Gasteiger partial charge in [-0.1, -0.05) is 187 Å². The maximum absolute atomic E-state index is 11.8. The Balaban J connectivity index is 1.23. The first-order chi connectivity index (χ1) is 31.9. The molecule has 3 aromatic rings. The molecule has 11 heteroatoms. The molecule has 1 spiro atoms. The van der Waals surface area contributed by atoms with E-state index in [0.29, 0.717) is 26.2 Å². The second kappa shape index (κ2) is 28.1. The van der Waals surface area contributed by atoms with Crippen LogP contribution in [0.15, 0.2) is 96.1 Å². The van der Waals surface area contributed by atoms with Crippen molar-refractivity contribution in [3.8, 4) is 0 Å². The summed E-state index contributed by atoms with van der Waals surface area (Å²) in [5, 5.41) is 16.1. The van der Waals surface area contributed by atoms with Crippen LogP contribution in [0.1, 0.15) is 153 Å². The highest BCUT2D eigenvalue weighted by molar-refractivity contribution is 5.17. The lowest BCUT2D eigenvalue weighted by Crippen LogP contribution is -2.65. The summed E-state index contributed by atoms with van der Waals surface area (Å²) in [5.41, 5.74) is 13.0. The number of aliphatic hydroxyl groups is 1. The van der Waals surface area contributed by atoms with E-state index in [1.54, 1.807) is 0 Å². The Morgan fingerprint density at radius 1 is 0.615 bits per heavy atom. The Labute approximate surface area is 389 Å².